The maximum absolute atomic E-state index is 11.5. The molecule has 4 nitrogen and oxygen atoms in total. The Labute approximate surface area is 71.3 Å². The van der Waals surface area contributed by atoms with Crippen LogP contribution in [0, 0.1) is 5.41 Å². The number of aliphatic hydroxyl groups excluding tert-OH is 1. The number of rotatable bonds is 0. The zero-order valence-electron chi connectivity index (χ0n) is 6.97. The van der Waals surface area contributed by atoms with Crippen molar-refractivity contribution in [1.29, 1.82) is 0 Å². The largest absolute Gasteiger partial charge is 0.391 e. The van der Waals surface area contributed by atoms with Crippen LogP contribution in [0.2, 0.25) is 0 Å². The van der Waals surface area contributed by atoms with E-state index in [-0.39, 0.29) is 17.4 Å². The molecule has 2 aliphatic rings. The van der Waals surface area contributed by atoms with E-state index in [2.05, 4.69) is 10.6 Å². The molecule has 0 radical (unpaired) electrons. The van der Waals surface area contributed by atoms with Gasteiger partial charge in [0.15, 0.2) is 0 Å². The van der Waals surface area contributed by atoms with E-state index in [0.29, 0.717) is 13.0 Å². The van der Waals surface area contributed by atoms with E-state index in [1.165, 1.54) is 0 Å². The van der Waals surface area contributed by atoms with Gasteiger partial charge in [0.1, 0.15) is 0 Å². The summed E-state index contributed by atoms with van der Waals surface area (Å²) in [4.78, 5) is 11.5. The third-order valence-corrected chi connectivity index (χ3v) is 2.85. The highest BCUT2D eigenvalue weighted by atomic mass is 16.3. The Bertz CT molecular complexity index is 199. The molecule has 2 fully saturated rings. The minimum Gasteiger partial charge on any atom is -0.391 e. The molecule has 2 rings (SSSR count). The topological polar surface area (TPSA) is 61.4 Å². The zero-order chi connectivity index (χ0) is 8.60. The molecule has 1 spiro atoms. The molecule has 0 aromatic heterocycles. The van der Waals surface area contributed by atoms with Crippen molar-refractivity contribution in [2.45, 2.75) is 18.9 Å². The van der Waals surface area contributed by atoms with Crippen molar-refractivity contribution >= 4 is 5.91 Å². The second-order valence-corrected chi connectivity index (χ2v) is 3.78. The Morgan fingerprint density at radius 3 is 3.08 bits per heavy atom. The molecule has 0 aromatic carbocycles. The molecule has 4 heteroatoms. The number of nitrogens with one attached hydrogen (secondary N) is 2. The third-order valence-electron chi connectivity index (χ3n) is 2.85. The van der Waals surface area contributed by atoms with E-state index in [4.69, 9.17) is 0 Å². The van der Waals surface area contributed by atoms with Crippen molar-refractivity contribution in [2.75, 3.05) is 19.6 Å². The van der Waals surface area contributed by atoms with Crippen molar-refractivity contribution in [3.8, 4) is 0 Å². The number of β-amino-alcohol motifs (C(OH)–C–C–N with tert-alkyl or cyclic N) is 1. The molecule has 0 aliphatic carbocycles. The van der Waals surface area contributed by atoms with Crippen LogP contribution < -0.4 is 10.6 Å². The van der Waals surface area contributed by atoms with Gasteiger partial charge in [-0.15, -0.1) is 0 Å². The number of carbonyl (C=O) groups is 1. The Morgan fingerprint density at radius 2 is 2.42 bits per heavy atom. The van der Waals surface area contributed by atoms with Crippen LogP contribution >= 0.6 is 0 Å². The normalized spacial score (nSPS) is 41.8. The highest BCUT2D eigenvalue weighted by Crippen LogP contribution is 2.33. The summed E-state index contributed by atoms with van der Waals surface area (Å²) in [5, 5.41) is 15.3. The van der Waals surface area contributed by atoms with E-state index < -0.39 is 0 Å². The summed E-state index contributed by atoms with van der Waals surface area (Å²) >= 11 is 0. The van der Waals surface area contributed by atoms with Crippen molar-refractivity contribution < 1.29 is 9.90 Å². The fourth-order valence-electron chi connectivity index (χ4n) is 2.13. The smallest absolute Gasteiger partial charge is 0.227 e. The summed E-state index contributed by atoms with van der Waals surface area (Å²) in [6.45, 7) is 2.02. The lowest BCUT2D eigenvalue weighted by Gasteiger charge is -2.34. The van der Waals surface area contributed by atoms with Gasteiger partial charge in [-0.05, 0) is 19.4 Å². The van der Waals surface area contributed by atoms with E-state index >= 15 is 0 Å². The molecule has 0 aromatic rings. The highest BCUT2D eigenvalue weighted by molar-refractivity contribution is 5.84. The van der Waals surface area contributed by atoms with Gasteiger partial charge < -0.3 is 15.7 Å². The first-order valence-corrected chi connectivity index (χ1v) is 4.40. The standard InChI is InChI=1S/C8H14N2O2/c11-6-3-8(1-2-9-5-8)7(12)10-4-6/h6,9,11H,1-5H2,(H,10,12)/t6-,8-/m1/s1. The van der Waals surface area contributed by atoms with Gasteiger partial charge in [-0.1, -0.05) is 0 Å². The predicted octanol–water partition coefficient (Wildman–Crippen LogP) is -1.15. The molecule has 12 heavy (non-hydrogen) atoms. The third kappa shape index (κ3) is 1.11. The van der Waals surface area contributed by atoms with Crippen LogP contribution in [0.25, 0.3) is 0 Å². The maximum atomic E-state index is 11.5. The number of aliphatic hydroxyl groups is 1. The lowest BCUT2D eigenvalue weighted by molar-refractivity contribution is -0.135. The van der Waals surface area contributed by atoms with Crippen LogP contribution in [0.3, 0.4) is 0 Å². The monoisotopic (exact) mass is 170 g/mol. The van der Waals surface area contributed by atoms with Crippen molar-refractivity contribution in [2.24, 2.45) is 5.41 Å². The summed E-state index contributed by atoms with van der Waals surface area (Å²) in [5.41, 5.74) is -0.308. The lowest BCUT2D eigenvalue weighted by atomic mass is 9.78. The van der Waals surface area contributed by atoms with Gasteiger partial charge in [0.05, 0.1) is 11.5 Å². The van der Waals surface area contributed by atoms with Crippen molar-refractivity contribution in [3.05, 3.63) is 0 Å². The number of carbonyl (C=O) groups excluding carboxylic acids is 1. The molecule has 0 bridgehead atoms. The minimum absolute atomic E-state index is 0.109. The molecular formula is C8H14N2O2. The Balaban J connectivity index is 2.14. The van der Waals surface area contributed by atoms with Crippen molar-refractivity contribution in [1.82, 2.24) is 10.6 Å². The molecule has 2 saturated heterocycles. The molecule has 1 amide bonds. The first-order valence-electron chi connectivity index (χ1n) is 4.40. The predicted molar refractivity (Wildman–Crippen MR) is 43.6 cm³/mol. The van der Waals surface area contributed by atoms with Gasteiger partial charge in [0, 0.05) is 13.1 Å². The fourth-order valence-corrected chi connectivity index (χ4v) is 2.13. The van der Waals surface area contributed by atoms with Crippen LogP contribution in [0.5, 0.6) is 0 Å². The summed E-state index contributed by atoms with van der Waals surface area (Å²) in [7, 11) is 0. The molecule has 0 saturated carbocycles. The molecule has 68 valence electrons. The first kappa shape index (κ1) is 8.01. The quantitative estimate of drug-likeness (QED) is 0.430. The van der Waals surface area contributed by atoms with Crippen LogP contribution in [-0.2, 0) is 4.79 Å². The average molecular weight is 170 g/mol. The summed E-state index contributed by atoms with van der Waals surface area (Å²) < 4.78 is 0. The Morgan fingerprint density at radius 1 is 1.58 bits per heavy atom. The number of hydrogen-bond donors (Lipinski definition) is 3. The molecule has 2 aliphatic heterocycles. The molecule has 2 heterocycles. The van der Waals surface area contributed by atoms with E-state index in [1.807, 2.05) is 0 Å². The molecule has 0 unspecified atom stereocenters. The number of hydrogen-bond acceptors (Lipinski definition) is 3. The van der Waals surface area contributed by atoms with Gasteiger partial charge in [-0.2, -0.15) is 0 Å². The van der Waals surface area contributed by atoms with Crippen LogP contribution in [0.1, 0.15) is 12.8 Å². The molecular weight excluding hydrogens is 156 g/mol. The first-order chi connectivity index (χ1) is 5.73. The number of amides is 1. The SMILES string of the molecule is O=C1NC[C@H](O)C[C@@]12CCNC2. The molecule has 2 atom stereocenters. The van der Waals surface area contributed by atoms with Gasteiger partial charge in [0.2, 0.25) is 5.91 Å². The van der Waals surface area contributed by atoms with Crippen LogP contribution in [-0.4, -0.2) is 36.8 Å². The van der Waals surface area contributed by atoms with Crippen LogP contribution in [0.4, 0.5) is 0 Å². The Hall–Kier alpha value is -0.610. The van der Waals surface area contributed by atoms with Crippen LogP contribution in [0.15, 0.2) is 0 Å². The van der Waals surface area contributed by atoms with E-state index in [9.17, 15) is 9.90 Å². The summed E-state index contributed by atoms with van der Waals surface area (Å²) in [6, 6.07) is 0. The zero-order valence-corrected chi connectivity index (χ0v) is 6.97. The average Bonchev–Trinajstić information content (AvgIpc) is 2.48. The fraction of sp³-hybridized carbons (Fsp3) is 0.875. The van der Waals surface area contributed by atoms with Gasteiger partial charge in [0.25, 0.3) is 0 Å². The highest BCUT2D eigenvalue weighted by Gasteiger charge is 2.45. The maximum Gasteiger partial charge on any atom is 0.227 e. The van der Waals surface area contributed by atoms with E-state index in [1.54, 1.807) is 0 Å². The van der Waals surface area contributed by atoms with E-state index in [0.717, 1.165) is 19.5 Å². The summed E-state index contributed by atoms with van der Waals surface area (Å²) in [6.07, 6.45) is 1.12. The molecule has 3 N–H and O–H groups in total. The lowest BCUT2D eigenvalue weighted by Crippen LogP contribution is -2.52. The minimum atomic E-state index is -0.359. The Kier molecular flexibility index (Phi) is 1.81. The number of piperidine rings is 1. The summed E-state index contributed by atoms with van der Waals surface area (Å²) in [5.74, 6) is 0.109. The van der Waals surface area contributed by atoms with Crippen molar-refractivity contribution in [3.63, 3.8) is 0 Å². The van der Waals surface area contributed by atoms with Gasteiger partial charge in [-0.3, -0.25) is 4.79 Å². The van der Waals surface area contributed by atoms with Gasteiger partial charge in [-0.25, -0.2) is 0 Å². The second-order valence-electron chi connectivity index (χ2n) is 3.78. The van der Waals surface area contributed by atoms with Gasteiger partial charge >= 0.3 is 0 Å². The second kappa shape index (κ2) is 2.71.